The van der Waals surface area contributed by atoms with Crippen molar-refractivity contribution in [2.24, 2.45) is 0 Å². The molecule has 0 saturated carbocycles. The fourth-order valence-corrected chi connectivity index (χ4v) is 6.57. The molecule has 2 heteroatoms. The monoisotopic (exact) mass is 463 g/mol. The number of aromatic nitrogens is 1. The summed E-state index contributed by atoms with van der Waals surface area (Å²) in [6.45, 7) is 6.86. The maximum atomic E-state index is 6.19. The summed E-state index contributed by atoms with van der Waals surface area (Å²) in [5, 5.41) is 4.95. The van der Waals surface area contributed by atoms with Gasteiger partial charge in [0, 0.05) is 32.6 Å². The molecule has 0 aliphatic heterocycles. The van der Waals surface area contributed by atoms with Crippen molar-refractivity contribution in [3.63, 3.8) is 0 Å². The van der Waals surface area contributed by atoms with Crippen molar-refractivity contribution in [3.05, 3.63) is 114 Å². The molecule has 0 unspecified atom stereocenters. The number of rotatable bonds is 1. The van der Waals surface area contributed by atoms with E-state index >= 15 is 0 Å². The van der Waals surface area contributed by atoms with Crippen LogP contribution in [-0.4, -0.2) is 4.57 Å². The van der Waals surface area contributed by atoms with Crippen molar-refractivity contribution >= 4 is 43.7 Å². The van der Waals surface area contributed by atoms with Gasteiger partial charge in [-0.15, -0.1) is 0 Å². The molecule has 0 fully saturated rings. The first-order valence-corrected chi connectivity index (χ1v) is 12.6. The minimum absolute atomic E-state index is 0.0385. The lowest BCUT2D eigenvalue weighted by Gasteiger charge is -2.21. The molecule has 0 bridgehead atoms. The summed E-state index contributed by atoms with van der Waals surface area (Å²) in [6, 6.07) is 35.4. The van der Waals surface area contributed by atoms with E-state index in [9.17, 15) is 0 Å². The molecule has 2 heterocycles. The SMILES string of the molecule is Cc1cccc2oc3ccc(-n4c5ccccc5c5cc6c(cc54)C(C)(C)c4ccccc4-6)cc3c12. The molecular formula is C34H25NO. The van der Waals surface area contributed by atoms with Crippen molar-refractivity contribution in [2.75, 3.05) is 0 Å². The van der Waals surface area contributed by atoms with E-state index in [2.05, 4.69) is 122 Å². The Bertz CT molecular complexity index is 2030. The minimum Gasteiger partial charge on any atom is -0.456 e. The van der Waals surface area contributed by atoms with Gasteiger partial charge in [-0.2, -0.15) is 0 Å². The first kappa shape index (κ1) is 19.9. The third-order valence-electron chi connectivity index (χ3n) is 8.32. The van der Waals surface area contributed by atoms with E-state index in [-0.39, 0.29) is 5.41 Å². The average Bonchev–Trinajstić information content (AvgIpc) is 3.50. The van der Waals surface area contributed by atoms with Gasteiger partial charge >= 0.3 is 0 Å². The van der Waals surface area contributed by atoms with Crippen LogP contribution in [-0.2, 0) is 5.41 Å². The number of hydrogen-bond acceptors (Lipinski definition) is 1. The minimum atomic E-state index is -0.0385. The molecule has 1 aliphatic carbocycles. The third kappa shape index (κ3) is 2.41. The van der Waals surface area contributed by atoms with Gasteiger partial charge in [0.05, 0.1) is 11.0 Å². The lowest BCUT2D eigenvalue weighted by molar-refractivity contribution is 0.661. The number of furan rings is 1. The van der Waals surface area contributed by atoms with E-state index in [1.807, 2.05) is 0 Å². The van der Waals surface area contributed by atoms with Gasteiger partial charge in [-0.1, -0.05) is 68.4 Å². The lowest BCUT2D eigenvalue weighted by atomic mass is 9.82. The highest BCUT2D eigenvalue weighted by atomic mass is 16.3. The van der Waals surface area contributed by atoms with Gasteiger partial charge in [0.1, 0.15) is 11.2 Å². The standard InChI is InChI=1S/C34H25NO/c1-20-9-8-14-32-33(20)26-17-21(15-16-31(26)36-32)35-29-13-7-5-11-23(29)25-18-24-22-10-4-6-12-27(22)34(2,3)28(24)19-30(25)35/h4-19H,1-3H3. The van der Waals surface area contributed by atoms with Gasteiger partial charge in [0.25, 0.3) is 0 Å². The zero-order chi connectivity index (χ0) is 24.2. The van der Waals surface area contributed by atoms with Crippen LogP contribution in [0.3, 0.4) is 0 Å². The van der Waals surface area contributed by atoms with Crippen molar-refractivity contribution < 1.29 is 4.42 Å². The van der Waals surface area contributed by atoms with Crippen LogP contribution in [0.2, 0.25) is 0 Å². The molecule has 0 atom stereocenters. The van der Waals surface area contributed by atoms with Crippen molar-refractivity contribution in [2.45, 2.75) is 26.2 Å². The normalized spacial score (nSPS) is 14.2. The molecule has 0 saturated heterocycles. The smallest absolute Gasteiger partial charge is 0.135 e. The highest BCUT2D eigenvalue weighted by Crippen LogP contribution is 2.51. The third-order valence-corrected chi connectivity index (χ3v) is 8.32. The van der Waals surface area contributed by atoms with Gasteiger partial charge in [0.2, 0.25) is 0 Å². The maximum absolute atomic E-state index is 6.19. The Morgan fingerprint density at radius 1 is 0.611 bits per heavy atom. The number of fused-ring (bicyclic) bond motifs is 9. The maximum Gasteiger partial charge on any atom is 0.135 e. The Kier molecular flexibility index (Phi) is 3.70. The van der Waals surface area contributed by atoms with E-state index in [4.69, 9.17) is 4.42 Å². The molecule has 0 N–H and O–H groups in total. The molecule has 0 radical (unpaired) electrons. The van der Waals surface area contributed by atoms with Gasteiger partial charge in [-0.3, -0.25) is 0 Å². The second-order valence-corrected chi connectivity index (χ2v) is 10.7. The predicted molar refractivity (Wildman–Crippen MR) is 150 cm³/mol. The summed E-state index contributed by atoms with van der Waals surface area (Å²) in [7, 11) is 0. The van der Waals surface area contributed by atoms with E-state index in [0.717, 1.165) is 16.9 Å². The first-order chi connectivity index (χ1) is 17.5. The highest BCUT2D eigenvalue weighted by molar-refractivity contribution is 6.12. The van der Waals surface area contributed by atoms with Crippen molar-refractivity contribution in [1.29, 1.82) is 0 Å². The van der Waals surface area contributed by atoms with Gasteiger partial charge < -0.3 is 8.98 Å². The van der Waals surface area contributed by atoms with Crippen LogP contribution >= 0.6 is 0 Å². The van der Waals surface area contributed by atoms with E-state index < -0.39 is 0 Å². The summed E-state index contributed by atoms with van der Waals surface area (Å²) in [6.07, 6.45) is 0. The number of aryl methyl sites for hydroxylation is 1. The molecule has 0 amide bonds. The number of benzene rings is 5. The van der Waals surface area contributed by atoms with Crippen LogP contribution in [0.5, 0.6) is 0 Å². The molecule has 7 aromatic rings. The molecule has 2 aromatic heterocycles. The van der Waals surface area contributed by atoms with Crippen LogP contribution in [0, 0.1) is 6.92 Å². The van der Waals surface area contributed by atoms with Crippen LogP contribution in [0.4, 0.5) is 0 Å². The largest absolute Gasteiger partial charge is 0.456 e. The Labute approximate surface area is 209 Å². The average molecular weight is 464 g/mol. The molecule has 8 rings (SSSR count). The molecular weight excluding hydrogens is 438 g/mol. The van der Waals surface area contributed by atoms with Gasteiger partial charge in [-0.25, -0.2) is 0 Å². The summed E-state index contributed by atoms with van der Waals surface area (Å²) >= 11 is 0. The number of para-hydroxylation sites is 1. The van der Waals surface area contributed by atoms with Crippen molar-refractivity contribution in [3.8, 4) is 16.8 Å². The fourth-order valence-electron chi connectivity index (χ4n) is 6.57. The second-order valence-electron chi connectivity index (χ2n) is 10.7. The summed E-state index contributed by atoms with van der Waals surface area (Å²) in [5.74, 6) is 0. The van der Waals surface area contributed by atoms with E-state index in [1.165, 1.54) is 60.4 Å². The molecule has 1 aliphatic rings. The summed E-state index contributed by atoms with van der Waals surface area (Å²) in [4.78, 5) is 0. The number of nitrogens with zero attached hydrogens (tertiary/aromatic N) is 1. The van der Waals surface area contributed by atoms with E-state index in [0.29, 0.717) is 0 Å². The van der Waals surface area contributed by atoms with Gasteiger partial charge in [0.15, 0.2) is 0 Å². The number of hydrogen-bond donors (Lipinski definition) is 0. The Hall–Kier alpha value is -4.30. The topological polar surface area (TPSA) is 18.1 Å². The molecule has 172 valence electrons. The Morgan fingerprint density at radius 3 is 2.36 bits per heavy atom. The zero-order valence-electron chi connectivity index (χ0n) is 20.6. The zero-order valence-corrected chi connectivity index (χ0v) is 20.6. The molecule has 36 heavy (non-hydrogen) atoms. The highest BCUT2D eigenvalue weighted by Gasteiger charge is 2.36. The molecule has 2 nitrogen and oxygen atoms in total. The first-order valence-electron chi connectivity index (χ1n) is 12.6. The van der Waals surface area contributed by atoms with Crippen molar-refractivity contribution in [1.82, 2.24) is 4.57 Å². The fraction of sp³-hybridized carbons (Fsp3) is 0.118. The Morgan fingerprint density at radius 2 is 1.44 bits per heavy atom. The molecule has 0 spiro atoms. The van der Waals surface area contributed by atoms with Gasteiger partial charge in [-0.05, 0) is 77.2 Å². The van der Waals surface area contributed by atoms with Crippen LogP contribution in [0.1, 0.15) is 30.5 Å². The van der Waals surface area contributed by atoms with Crippen LogP contribution in [0.15, 0.2) is 101 Å². The lowest BCUT2D eigenvalue weighted by Crippen LogP contribution is -2.14. The molecule has 5 aromatic carbocycles. The predicted octanol–water partition coefficient (Wildman–Crippen LogP) is 9.30. The van der Waals surface area contributed by atoms with Crippen LogP contribution < -0.4 is 0 Å². The van der Waals surface area contributed by atoms with Crippen LogP contribution in [0.25, 0.3) is 60.6 Å². The Balaban J connectivity index is 1.49. The quantitative estimate of drug-likeness (QED) is 0.237. The summed E-state index contributed by atoms with van der Waals surface area (Å²) in [5.41, 5.74) is 12.2. The summed E-state index contributed by atoms with van der Waals surface area (Å²) < 4.78 is 8.63. The second kappa shape index (κ2) is 6.67. The van der Waals surface area contributed by atoms with E-state index in [1.54, 1.807) is 0 Å².